The van der Waals surface area contributed by atoms with E-state index in [4.69, 9.17) is 5.73 Å². The molecule has 0 spiro atoms. The normalized spacial score (nSPS) is 25.4. The summed E-state index contributed by atoms with van der Waals surface area (Å²) in [6, 6.07) is 4.49. The fourth-order valence-electron chi connectivity index (χ4n) is 2.99. The first-order chi connectivity index (χ1) is 9.61. The summed E-state index contributed by atoms with van der Waals surface area (Å²) in [6.07, 6.45) is 2.37. The Balaban J connectivity index is 1.87. The second-order valence-electron chi connectivity index (χ2n) is 5.70. The summed E-state index contributed by atoms with van der Waals surface area (Å²) >= 11 is 1.68. The highest BCUT2D eigenvalue weighted by atomic mass is 32.1. The topological polar surface area (TPSA) is 58.4 Å². The number of amides is 1. The lowest BCUT2D eigenvalue weighted by atomic mass is 9.91. The van der Waals surface area contributed by atoms with Crippen LogP contribution in [0.5, 0.6) is 0 Å². The number of carbonyl (C=O) groups is 1. The number of nitrogens with two attached hydrogens (primary N) is 1. The van der Waals surface area contributed by atoms with Crippen molar-refractivity contribution in [2.24, 2.45) is 11.7 Å². The molecule has 0 aromatic carbocycles. The number of nitrogens with zero attached hydrogens (tertiary/aromatic N) is 1. The van der Waals surface area contributed by atoms with Gasteiger partial charge in [0.15, 0.2) is 0 Å². The molecule has 0 bridgehead atoms. The maximum absolute atomic E-state index is 12.2. The Morgan fingerprint density at radius 2 is 2.45 bits per heavy atom. The molecule has 1 aromatic rings. The quantitative estimate of drug-likeness (QED) is 0.873. The van der Waals surface area contributed by atoms with Gasteiger partial charge in [-0.1, -0.05) is 13.0 Å². The molecule has 1 fully saturated rings. The van der Waals surface area contributed by atoms with Crippen LogP contribution in [-0.2, 0) is 4.79 Å². The molecule has 20 heavy (non-hydrogen) atoms. The van der Waals surface area contributed by atoms with E-state index in [0.717, 1.165) is 13.0 Å². The average Bonchev–Trinajstić information content (AvgIpc) is 2.92. The van der Waals surface area contributed by atoms with Crippen LogP contribution in [0.1, 0.15) is 37.6 Å². The summed E-state index contributed by atoms with van der Waals surface area (Å²) in [5.74, 6) is 0.676. The Morgan fingerprint density at radius 1 is 1.65 bits per heavy atom. The highest BCUT2D eigenvalue weighted by molar-refractivity contribution is 7.10. The molecule has 2 rings (SSSR count). The molecule has 1 aliphatic heterocycles. The van der Waals surface area contributed by atoms with E-state index in [2.05, 4.69) is 23.2 Å². The third-order valence-electron chi connectivity index (χ3n) is 4.17. The van der Waals surface area contributed by atoms with E-state index in [1.54, 1.807) is 11.3 Å². The predicted octanol–water partition coefficient (Wildman–Crippen LogP) is 1.98. The first-order valence-electron chi connectivity index (χ1n) is 7.38. The van der Waals surface area contributed by atoms with Gasteiger partial charge < -0.3 is 11.1 Å². The van der Waals surface area contributed by atoms with Gasteiger partial charge >= 0.3 is 0 Å². The SMILES string of the molecule is CC(NC(=O)CN1CCCC(C)C1CN)c1cccs1. The van der Waals surface area contributed by atoms with Crippen LogP contribution in [0.3, 0.4) is 0 Å². The van der Waals surface area contributed by atoms with Crippen molar-refractivity contribution in [3.63, 3.8) is 0 Å². The second-order valence-corrected chi connectivity index (χ2v) is 6.68. The van der Waals surface area contributed by atoms with Crippen molar-refractivity contribution >= 4 is 17.2 Å². The van der Waals surface area contributed by atoms with Gasteiger partial charge in [-0.2, -0.15) is 0 Å². The number of thiophene rings is 1. The van der Waals surface area contributed by atoms with Crippen LogP contribution in [0.4, 0.5) is 0 Å². The molecule has 0 aliphatic carbocycles. The van der Waals surface area contributed by atoms with Gasteiger partial charge in [-0.25, -0.2) is 0 Å². The molecule has 1 aliphatic rings. The highest BCUT2D eigenvalue weighted by Crippen LogP contribution is 2.22. The molecule has 3 N–H and O–H groups in total. The summed E-state index contributed by atoms with van der Waals surface area (Å²) in [6.45, 7) is 6.34. The van der Waals surface area contributed by atoms with Crippen LogP contribution in [0.2, 0.25) is 0 Å². The van der Waals surface area contributed by atoms with Crippen LogP contribution in [0.15, 0.2) is 17.5 Å². The molecular weight excluding hydrogens is 270 g/mol. The maximum atomic E-state index is 12.2. The first kappa shape index (κ1) is 15.5. The van der Waals surface area contributed by atoms with Crippen molar-refractivity contribution in [2.45, 2.75) is 38.8 Å². The van der Waals surface area contributed by atoms with Gasteiger partial charge in [-0.3, -0.25) is 9.69 Å². The molecule has 112 valence electrons. The number of nitrogens with one attached hydrogen (secondary N) is 1. The van der Waals surface area contributed by atoms with Crippen LogP contribution in [0.25, 0.3) is 0 Å². The van der Waals surface area contributed by atoms with E-state index < -0.39 is 0 Å². The number of rotatable bonds is 5. The van der Waals surface area contributed by atoms with E-state index in [0.29, 0.717) is 25.0 Å². The third-order valence-corrected chi connectivity index (χ3v) is 5.22. The lowest BCUT2D eigenvalue weighted by molar-refractivity contribution is -0.124. The Bertz CT molecular complexity index is 421. The van der Waals surface area contributed by atoms with Crippen molar-refractivity contribution in [2.75, 3.05) is 19.6 Å². The summed E-state index contributed by atoms with van der Waals surface area (Å²) in [5.41, 5.74) is 5.87. The predicted molar refractivity (Wildman–Crippen MR) is 83.7 cm³/mol. The van der Waals surface area contributed by atoms with Crippen LogP contribution in [0, 0.1) is 5.92 Å². The minimum Gasteiger partial charge on any atom is -0.348 e. The number of hydrogen-bond donors (Lipinski definition) is 2. The smallest absolute Gasteiger partial charge is 0.234 e. The Labute approximate surface area is 125 Å². The molecule has 5 heteroatoms. The monoisotopic (exact) mass is 295 g/mol. The number of likely N-dealkylation sites (tertiary alicyclic amines) is 1. The number of carbonyl (C=O) groups excluding carboxylic acids is 1. The average molecular weight is 295 g/mol. The lowest BCUT2D eigenvalue weighted by Crippen LogP contribution is -2.52. The summed E-state index contributed by atoms with van der Waals surface area (Å²) < 4.78 is 0. The number of piperidine rings is 1. The largest absolute Gasteiger partial charge is 0.348 e. The Kier molecular flexibility index (Phi) is 5.57. The summed E-state index contributed by atoms with van der Waals surface area (Å²) in [4.78, 5) is 15.6. The van der Waals surface area contributed by atoms with Gasteiger partial charge in [-0.15, -0.1) is 11.3 Å². The minimum absolute atomic E-state index is 0.0843. The Morgan fingerprint density at radius 3 is 3.10 bits per heavy atom. The van der Waals surface area contributed by atoms with Gasteiger partial charge in [0, 0.05) is 17.5 Å². The van der Waals surface area contributed by atoms with Crippen molar-refractivity contribution < 1.29 is 4.79 Å². The van der Waals surface area contributed by atoms with E-state index in [-0.39, 0.29) is 11.9 Å². The zero-order valence-electron chi connectivity index (χ0n) is 12.3. The van der Waals surface area contributed by atoms with Crippen LogP contribution >= 0.6 is 11.3 Å². The fourth-order valence-corrected chi connectivity index (χ4v) is 3.73. The molecule has 1 aromatic heterocycles. The van der Waals surface area contributed by atoms with Crippen molar-refractivity contribution in [3.8, 4) is 0 Å². The Hall–Kier alpha value is -0.910. The van der Waals surface area contributed by atoms with E-state index >= 15 is 0 Å². The van der Waals surface area contributed by atoms with E-state index in [9.17, 15) is 4.79 Å². The highest BCUT2D eigenvalue weighted by Gasteiger charge is 2.28. The number of hydrogen-bond acceptors (Lipinski definition) is 4. The zero-order valence-corrected chi connectivity index (χ0v) is 13.2. The molecule has 3 atom stereocenters. The van der Waals surface area contributed by atoms with E-state index in [1.165, 1.54) is 11.3 Å². The molecule has 2 heterocycles. The van der Waals surface area contributed by atoms with Gasteiger partial charge in [0.2, 0.25) is 5.91 Å². The van der Waals surface area contributed by atoms with Gasteiger partial charge in [0.1, 0.15) is 0 Å². The molecule has 1 amide bonds. The van der Waals surface area contributed by atoms with Gasteiger partial charge in [-0.05, 0) is 43.7 Å². The van der Waals surface area contributed by atoms with Crippen LogP contribution in [-0.4, -0.2) is 36.5 Å². The molecule has 1 saturated heterocycles. The molecule has 3 unspecified atom stereocenters. The van der Waals surface area contributed by atoms with Crippen LogP contribution < -0.4 is 11.1 Å². The standard InChI is InChI=1S/C15H25N3OS/c1-11-5-3-7-18(13(11)9-16)10-15(19)17-12(2)14-6-4-8-20-14/h4,6,8,11-13H,3,5,7,9-10,16H2,1-2H3,(H,17,19). The van der Waals surface area contributed by atoms with Crippen molar-refractivity contribution in [1.82, 2.24) is 10.2 Å². The third kappa shape index (κ3) is 3.81. The molecule has 4 nitrogen and oxygen atoms in total. The van der Waals surface area contributed by atoms with E-state index in [1.807, 2.05) is 18.4 Å². The van der Waals surface area contributed by atoms with Crippen molar-refractivity contribution in [1.29, 1.82) is 0 Å². The second kappa shape index (κ2) is 7.20. The lowest BCUT2D eigenvalue weighted by Gasteiger charge is -2.39. The minimum atomic E-state index is 0.0843. The molecular formula is C15H25N3OS. The molecule has 0 radical (unpaired) electrons. The molecule has 0 saturated carbocycles. The van der Waals surface area contributed by atoms with Gasteiger partial charge in [0.05, 0.1) is 12.6 Å². The van der Waals surface area contributed by atoms with Gasteiger partial charge in [0.25, 0.3) is 0 Å². The summed E-state index contributed by atoms with van der Waals surface area (Å²) in [5, 5.41) is 5.11. The summed E-state index contributed by atoms with van der Waals surface area (Å²) in [7, 11) is 0. The maximum Gasteiger partial charge on any atom is 0.234 e. The zero-order chi connectivity index (χ0) is 14.5. The first-order valence-corrected chi connectivity index (χ1v) is 8.26. The fraction of sp³-hybridized carbons (Fsp3) is 0.667. The van der Waals surface area contributed by atoms with Crippen molar-refractivity contribution in [3.05, 3.63) is 22.4 Å².